The van der Waals surface area contributed by atoms with Crippen molar-refractivity contribution in [3.05, 3.63) is 58.0 Å². The third-order valence-corrected chi connectivity index (χ3v) is 3.70. The first-order valence-corrected chi connectivity index (χ1v) is 6.93. The Morgan fingerprint density at radius 3 is 2.55 bits per heavy atom. The first-order valence-electron chi connectivity index (χ1n) is 6.55. The van der Waals surface area contributed by atoms with Gasteiger partial charge in [0.25, 0.3) is 5.56 Å². The summed E-state index contributed by atoms with van der Waals surface area (Å²) in [5.41, 5.74) is 0.197. The predicted octanol–water partition coefficient (Wildman–Crippen LogP) is 3.06. The largest absolute Gasteiger partial charge is 0.493 e. The summed E-state index contributed by atoms with van der Waals surface area (Å²) in [5.74, 6) is 0.872. The molecule has 1 heterocycles. The van der Waals surface area contributed by atoms with Gasteiger partial charge in [-0.25, -0.2) is 0 Å². The molecule has 5 nitrogen and oxygen atoms in total. The lowest BCUT2D eigenvalue weighted by molar-refractivity contribution is 0.358. The van der Waals surface area contributed by atoms with Gasteiger partial charge in [-0.1, -0.05) is 23.7 Å². The Morgan fingerprint density at radius 2 is 1.86 bits per heavy atom. The fourth-order valence-electron chi connectivity index (χ4n) is 2.34. The zero-order valence-electron chi connectivity index (χ0n) is 12.0. The number of benzene rings is 2. The Labute approximate surface area is 131 Å². The Bertz CT molecular complexity index is 906. The molecule has 112 valence electrons. The van der Waals surface area contributed by atoms with Crippen LogP contribution in [0.2, 0.25) is 5.02 Å². The lowest BCUT2D eigenvalue weighted by Crippen LogP contribution is -2.21. The van der Waals surface area contributed by atoms with Gasteiger partial charge in [-0.3, -0.25) is 4.79 Å². The van der Waals surface area contributed by atoms with E-state index in [1.807, 2.05) is 0 Å². The minimum absolute atomic E-state index is 0.318. The molecule has 0 atom stereocenters. The maximum Gasteiger partial charge on any atom is 0.283 e. The van der Waals surface area contributed by atoms with Crippen LogP contribution in [0.3, 0.4) is 0 Å². The molecule has 0 unspecified atom stereocenters. The van der Waals surface area contributed by atoms with E-state index in [1.54, 1.807) is 42.6 Å². The van der Waals surface area contributed by atoms with Crippen molar-refractivity contribution in [2.75, 3.05) is 14.2 Å². The van der Waals surface area contributed by atoms with E-state index in [0.717, 1.165) is 0 Å². The van der Waals surface area contributed by atoms with Gasteiger partial charge in [-0.05, 0) is 24.3 Å². The number of ether oxygens (including phenoxy) is 2. The lowest BCUT2D eigenvalue weighted by atomic mass is 10.1. The average molecular weight is 317 g/mol. The summed E-state index contributed by atoms with van der Waals surface area (Å²) in [6.45, 7) is 0. The van der Waals surface area contributed by atoms with Crippen LogP contribution in [0.5, 0.6) is 11.5 Å². The molecule has 0 aliphatic carbocycles. The molecule has 3 rings (SSSR count). The number of hydrogen-bond donors (Lipinski definition) is 0. The van der Waals surface area contributed by atoms with Crippen LogP contribution in [0.4, 0.5) is 0 Å². The van der Waals surface area contributed by atoms with Crippen molar-refractivity contribution >= 4 is 22.4 Å². The summed E-state index contributed by atoms with van der Waals surface area (Å²) in [6, 6.07) is 10.5. The van der Waals surface area contributed by atoms with Crippen LogP contribution in [-0.2, 0) is 0 Å². The van der Waals surface area contributed by atoms with Gasteiger partial charge in [0.15, 0.2) is 11.5 Å². The normalized spacial score (nSPS) is 10.7. The van der Waals surface area contributed by atoms with Gasteiger partial charge in [0.2, 0.25) is 0 Å². The van der Waals surface area contributed by atoms with Crippen molar-refractivity contribution in [3.8, 4) is 17.2 Å². The molecule has 1 aromatic heterocycles. The Balaban J connectivity index is 2.39. The van der Waals surface area contributed by atoms with E-state index < -0.39 is 0 Å². The second-order valence-electron chi connectivity index (χ2n) is 4.58. The summed E-state index contributed by atoms with van der Waals surface area (Å²) in [5, 5.41) is 5.71. The molecule has 0 fully saturated rings. The average Bonchev–Trinajstić information content (AvgIpc) is 2.55. The fraction of sp³-hybridized carbons (Fsp3) is 0.125. The standard InChI is InChI=1S/C16H13ClN2O3/c1-21-13-8-7-10-9-18-19(12-6-4-3-5-11(12)17)16(20)14(10)15(13)22-2/h3-9H,1-2H3. The van der Waals surface area contributed by atoms with Gasteiger partial charge in [-0.15, -0.1) is 0 Å². The van der Waals surface area contributed by atoms with Crippen molar-refractivity contribution in [1.29, 1.82) is 0 Å². The summed E-state index contributed by atoms with van der Waals surface area (Å²) in [6.07, 6.45) is 1.60. The topological polar surface area (TPSA) is 53.4 Å². The molecule has 0 amide bonds. The number of aromatic nitrogens is 2. The monoisotopic (exact) mass is 316 g/mol. The maximum absolute atomic E-state index is 12.8. The van der Waals surface area contributed by atoms with Gasteiger partial charge < -0.3 is 9.47 Å². The first-order chi connectivity index (χ1) is 10.7. The minimum atomic E-state index is -0.318. The number of fused-ring (bicyclic) bond motifs is 1. The van der Waals surface area contributed by atoms with E-state index in [0.29, 0.717) is 33.0 Å². The second kappa shape index (κ2) is 5.69. The number of halogens is 1. The van der Waals surface area contributed by atoms with Crippen LogP contribution < -0.4 is 15.0 Å². The van der Waals surface area contributed by atoms with Gasteiger partial charge in [0.1, 0.15) is 0 Å². The van der Waals surface area contributed by atoms with Crippen molar-refractivity contribution in [1.82, 2.24) is 9.78 Å². The maximum atomic E-state index is 12.8. The summed E-state index contributed by atoms with van der Waals surface area (Å²) >= 11 is 6.16. The first kappa shape index (κ1) is 14.4. The molecule has 0 aliphatic heterocycles. The highest BCUT2D eigenvalue weighted by Gasteiger charge is 2.16. The van der Waals surface area contributed by atoms with Crippen LogP contribution in [0.25, 0.3) is 16.5 Å². The van der Waals surface area contributed by atoms with Crippen molar-refractivity contribution in [3.63, 3.8) is 0 Å². The van der Waals surface area contributed by atoms with E-state index in [1.165, 1.54) is 18.9 Å². The number of rotatable bonds is 3. The molecule has 0 aliphatic rings. The van der Waals surface area contributed by atoms with Crippen LogP contribution in [0, 0.1) is 0 Å². The van der Waals surface area contributed by atoms with Crippen molar-refractivity contribution < 1.29 is 9.47 Å². The Kier molecular flexibility index (Phi) is 3.73. The van der Waals surface area contributed by atoms with Crippen LogP contribution in [0.1, 0.15) is 0 Å². The number of para-hydroxylation sites is 1. The zero-order valence-corrected chi connectivity index (χ0v) is 12.8. The summed E-state index contributed by atoms with van der Waals surface area (Å²) < 4.78 is 11.9. The zero-order chi connectivity index (χ0) is 15.7. The van der Waals surface area contributed by atoms with E-state index in [4.69, 9.17) is 21.1 Å². The smallest absolute Gasteiger partial charge is 0.283 e. The SMILES string of the molecule is COc1ccc2cnn(-c3ccccc3Cl)c(=O)c2c1OC. The highest BCUT2D eigenvalue weighted by molar-refractivity contribution is 6.32. The Morgan fingerprint density at radius 1 is 1.09 bits per heavy atom. The van der Waals surface area contributed by atoms with Gasteiger partial charge in [0.05, 0.1) is 36.5 Å². The second-order valence-corrected chi connectivity index (χ2v) is 4.99. The summed E-state index contributed by atoms with van der Waals surface area (Å²) in [4.78, 5) is 12.8. The third kappa shape index (κ3) is 2.19. The molecule has 2 aromatic carbocycles. The molecule has 0 bridgehead atoms. The minimum Gasteiger partial charge on any atom is -0.493 e. The molecule has 0 radical (unpaired) electrons. The molecule has 3 aromatic rings. The van der Waals surface area contributed by atoms with Crippen LogP contribution >= 0.6 is 11.6 Å². The summed E-state index contributed by atoms with van der Waals surface area (Å²) in [7, 11) is 3.02. The molecule has 0 saturated heterocycles. The van der Waals surface area contributed by atoms with Gasteiger partial charge in [-0.2, -0.15) is 9.78 Å². The van der Waals surface area contributed by atoms with Gasteiger partial charge in [0, 0.05) is 5.39 Å². The molecule has 0 N–H and O–H groups in total. The highest BCUT2D eigenvalue weighted by atomic mass is 35.5. The number of methoxy groups -OCH3 is 2. The lowest BCUT2D eigenvalue weighted by Gasteiger charge is -2.12. The van der Waals surface area contributed by atoms with E-state index in [-0.39, 0.29) is 5.56 Å². The fourth-order valence-corrected chi connectivity index (χ4v) is 2.56. The van der Waals surface area contributed by atoms with Gasteiger partial charge >= 0.3 is 0 Å². The van der Waals surface area contributed by atoms with Crippen molar-refractivity contribution in [2.45, 2.75) is 0 Å². The van der Waals surface area contributed by atoms with Crippen LogP contribution in [-0.4, -0.2) is 24.0 Å². The number of hydrogen-bond acceptors (Lipinski definition) is 4. The van der Waals surface area contributed by atoms with E-state index in [2.05, 4.69) is 5.10 Å². The van der Waals surface area contributed by atoms with E-state index >= 15 is 0 Å². The highest BCUT2D eigenvalue weighted by Crippen LogP contribution is 2.33. The molecule has 0 saturated carbocycles. The third-order valence-electron chi connectivity index (χ3n) is 3.38. The molecular weight excluding hydrogens is 304 g/mol. The molecule has 0 spiro atoms. The molecule has 6 heteroatoms. The van der Waals surface area contributed by atoms with E-state index in [9.17, 15) is 4.79 Å². The predicted molar refractivity (Wildman–Crippen MR) is 85.5 cm³/mol. The van der Waals surface area contributed by atoms with Crippen molar-refractivity contribution in [2.24, 2.45) is 0 Å². The molecular formula is C16H13ClN2O3. The number of nitrogens with zero attached hydrogens (tertiary/aromatic N) is 2. The quantitative estimate of drug-likeness (QED) is 0.745. The Hall–Kier alpha value is -2.53. The van der Waals surface area contributed by atoms with Crippen LogP contribution in [0.15, 0.2) is 47.4 Å². The molecule has 22 heavy (non-hydrogen) atoms.